The van der Waals surface area contributed by atoms with Gasteiger partial charge in [-0.15, -0.1) is 0 Å². The van der Waals surface area contributed by atoms with Gasteiger partial charge in [0.1, 0.15) is 0 Å². The molecule has 0 saturated heterocycles. The van der Waals surface area contributed by atoms with E-state index in [1.54, 1.807) is 0 Å². The monoisotopic (exact) mass is 207 g/mol. The molecule has 0 aliphatic carbocycles. The van der Waals surface area contributed by atoms with E-state index >= 15 is 0 Å². The molecule has 1 atom stereocenters. The summed E-state index contributed by atoms with van der Waals surface area (Å²) in [7, 11) is 0. The van der Waals surface area contributed by atoms with Gasteiger partial charge < -0.3 is 10.8 Å². The van der Waals surface area contributed by atoms with Gasteiger partial charge in [-0.3, -0.25) is 0 Å². The van der Waals surface area contributed by atoms with E-state index < -0.39 is 17.7 Å². The Morgan fingerprint density at radius 1 is 1.46 bits per heavy atom. The van der Waals surface area contributed by atoms with Crippen molar-refractivity contribution in [3.63, 3.8) is 0 Å². The largest absolute Gasteiger partial charge is 0.387 e. The maximum Gasteiger partial charge on any atom is 0.177 e. The van der Waals surface area contributed by atoms with E-state index in [2.05, 4.69) is 0 Å². The van der Waals surface area contributed by atoms with Crippen LogP contribution in [0.3, 0.4) is 0 Å². The minimum absolute atomic E-state index is 0.0681. The zero-order valence-corrected chi connectivity index (χ0v) is 7.35. The molecule has 1 rings (SSSR count). The molecule has 0 aliphatic heterocycles. The molecule has 0 radical (unpaired) electrons. The van der Waals surface area contributed by atoms with Crippen LogP contribution in [0, 0.1) is 11.6 Å². The van der Waals surface area contributed by atoms with Gasteiger partial charge in [-0.1, -0.05) is 11.6 Å². The first-order valence-electron chi connectivity index (χ1n) is 3.59. The first-order chi connectivity index (χ1) is 6.06. The second kappa shape index (κ2) is 4.00. The predicted octanol–water partition coefficient (Wildman–Crippen LogP) is 1.61. The van der Waals surface area contributed by atoms with Crippen LogP contribution in [0.25, 0.3) is 0 Å². The third kappa shape index (κ3) is 2.15. The second-order valence-electron chi connectivity index (χ2n) is 2.55. The maximum absolute atomic E-state index is 12.7. The highest BCUT2D eigenvalue weighted by Gasteiger charge is 2.12. The standard InChI is InChI=1S/C8H8ClF2NO/c9-5-1-4(7(13)3-12)2-6(10)8(5)11/h1-2,7,13H,3,12H2. The average Bonchev–Trinajstić information content (AvgIpc) is 2.12. The number of aliphatic hydroxyl groups excluding tert-OH is 1. The minimum Gasteiger partial charge on any atom is -0.387 e. The summed E-state index contributed by atoms with van der Waals surface area (Å²) in [5, 5.41) is 8.84. The number of benzene rings is 1. The molecule has 0 spiro atoms. The van der Waals surface area contributed by atoms with Crippen molar-refractivity contribution in [3.05, 3.63) is 34.4 Å². The summed E-state index contributed by atoms with van der Waals surface area (Å²) in [6.07, 6.45) is -1.02. The molecule has 1 aromatic carbocycles. The van der Waals surface area contributed by atoms with Crippen LogP contribution < -0.4 is 5.73 Å². The van der Waals surface area contributed by atoms with Crippen LogP contribution in [0.5, 0.6) is 0 Å². The Kier molecular flexibility index (Phi) is 3.19. The fourth-order valence-electron chi connectivity index (χ4n) is 0.904. The van der Waals surface area contributed by atoms with Crippen molar-refractivity contribution in [1.82, 2.24) is 0 Å². The van der Waals surface area contributed by atoms with Crippen molar-refractivity contribution in [2.75, 3.05) is 6.54 Å². The summed E-state index contributed by atoms with van der Waals surface area (Å²) in [6, 6.07) is 2.02. The van der Waals surface area contributed by atoms with Gasteiger partial charge in [0.05, 0.1) is 11.1 Å². The highest BCUT2D eigenvalue weighted by molar-refractivity contribution is 6.30. The maximum atomic E-state index is 12.7. The Morgan fingerprint density at radius 3 is 2.54 bits per heavy atom. The van der Waals surface area contributed by atoms with Gasteiger partial charge in [-0.25, -0.2) is 8.78 Å². The lowest BCUT2D eigenvalue weighted by Crippen LogP contribution is -2.12. The van der Waals surface area contributed by atoms with Crippen molar-refractivity contribution in [2.24, 2.45) is 5.73 Å². The SMILES string of the molecule is NCC(O)c1cc(F)c(F)c(Cl)c1. The Hall–Kier alpha value is -0.710. The lowest BCUT2D eigenvalue weighted by atomic mass is 10.1. The second-order valence-corrected chi connectivity index (χ2v) is 2.96. The molecule has 0 aromatic heterocycles. The fourth-order valence-corrected chi connectivity index (χ4v) is 1.12. The summed E-state index contributed by atoms with van der Waals surface area (Å²) in [5.41, 5.74) is 5.31. The highest BCUT2D eigenvalue weighted by atomic mass is 35.5. The molecule has 1 unspecified atom stereocenters. The number of rotatable bonds is 2. The third-order valence-corrected chi connectivity index (χ3v) is 1.89. The zero-order valence-electron chi connectivity index (χ0n) is 6.60. The van der Waals surface area contributed by atoms with E-state index in [4.69, 9.17) is 17.3 Å². The Labute approximate surface area is 78.9 Å². The molecule has 0 fully saturated rings. The van der Waals surface area contributed by atoms with Crippen LogP contribution in [0.2, 0.25) is 5.02 Å². The topological polar surface area (TPSA) is 46.2 Å². The van der Waals surface area contributed by atoms with Gasteiger partial charge in [0, 0.05) is 6.54 Å². The first kappa shape index (κ1) is 10.4. The van der Waals surface area contributed by atoms with E-state index in [0.717, 1.165) is 12.1 Å². The smallest absolute Gasteiger partial charge is 0.177 e. The van der Waals surface area contributed by atoms with Gasteiger partial charge >= 0.3 is 0 Å². The highest BCUT2D eigenvalue weighted by Crippen LogP contribution is 2.23. The average molecular weight is 208 g/mol. The molecule has 5 heteroatoms. The van der Waals surface area contributed by atoms with Crippen molar-refractivity contribution in [1.29, 1.82) is 0 Å². The molecular weight excluding hydrogens is 200 g/mol. The molecule has 1 aromatic rings. The predicted molar refractivity (Wildman–Crippen MR) is 45.4 cm³/mol. The summed E-state index contributed by atoms with van der Waals surface area (Å²) < 4.78 is 25.4. The number of hydrogen-bond donors (Lipinski definition) is 2. The molecular formula is C8H8ClF2NO. The van der Waals surface area contributed by atoms with Crippen LogP contribution >= 0.6 is 11.6 Å². The van der Waals surface area contributed by atoms with Gasteiger partial charge in [0.15, 0.2) is 11.6 Å². The quantitative estimate of drug-likeness (QED) is 0.724. The molecule has 0 bridgehead atoms. The van der Waals surface area contributed by atoms with Crippen molar-refractivity contribution in [2.45, 2.75) is 6.10 Å². The molecule has 0 saturated carbocycles. The van der Waals surface area contributed by atoms with Gasteiger partial charge in [0.25, 0.3) is 0 Å². The van der Waals surface area contributed by atoms with Crippen LogP contribution in [-0.4, -0.2) is 11.7 Å². The Bertz CT molecular complexity index is 296. The Balaban J connectivity index is 3.13. The van der Waals surface area contributed by atoms with Crippen LogP contribution in [-0.2, 0) is 0 Å². The van der Waals surface area contributed by atoms with E-state index in [1.807, 2.05) is 0 Å². The normalized spacial score (nSPS) is 13.0. The summed E-state index contributed by atoms with van der Waals surface area (Å²) in [5.74, 6) is -2.20. The number of nitrogens with two attached hydrogens (primary N) is 1. The number of hydrogen-bond acceptors (Lipinski definition) is 2. The lowest BCUT2D eigenvalue weighted by molar-refractivity contribution is 0.186. The number of halogens is 3. The molecule has 0 aliphatic rings. The molecule has 72 valence electrons. The van der Waals surface area contributed by atoms with Gasteiger partial charge in [-0.2, -0.15) is 0 Å². The fraction of sp³-hybridized carbons (Fsp3) is 0.250. The molecule has 0 heterocycles. The molecule has 2 nitrogen and oxygen atoms in total. The van der Waals surface area contributed by atoms with Crippen molar-refractivity contribution >= 4 is 11.6 Å². The molecule has 0 amide bonds. The minimum atomic E-state index is -1.12. The van der Waals surface area contributed by atoms with E-state index in [0.29, 0.717) is 0 Å². The third-order valence-electron chi connectivity index (χ3n) is 1.61. The van der Waals surface area contributed by atoms with Crippen molar-refractivity contribution in [3.8, 4) is 0 Å². The zero-order chi connectivity index (χ0) is 10.0. The lowest BCUT2D eigenvalue weighted by Gasteiger charge is -2.08. The summed E-state index contributed by atoms with van der Waals surface area (Å²) >= 11 is 5.35. The molecule has 13 heavy (non-hydrogen) atoms. The number of aliphatic hydroxyl groups is 1. The summed E-state index contributed by atoms with van der Waals surface area (Å²) in [6.45, 7) is -0.0681. The van der Waals surface area contributed by atoms with E-state index in [9.17, 15) is 13.9 Å². The summed E-state index contributed by atoms with van der Waals surface area (Å²) in [4.78, 5) is 0. The van der Waals surface area contributed by atoms with Gasteiger partial charge in [0.2, 0.25) is 0 Å². The van der Waals surface area contributed by atoms with Crippen LogP contribution in [0.1, 0.15) is 11.7 Å². The van der Waals surface area contributed by atoms with E-state index in [1.165, 1.54) is 0 Å². The van der Waals surface area contributed by atoms with Crippen molar-refractivity contribution < 1.29 is 13.9 Å². The molecule has 3 N–H and O–H groups in total. The van der Waals surface area contributed by atoms with E-state index in [-0.39, 0.29) is 17.1 Å². The first-order valence-corrected chi connectivity index (χ1v) is 3.96. The van der Waals surface area contributed by atoms with Gasteiger partial charge in [-0.05, 0) is 17.7 Å². The Morgan fingerprint density at radius 2 is 2.08 bits per heavy atom. The van der Waals surface area contributed by atoms with Crippen LogP contribution in [0.4, 0.5) is 8.78 Å². The van der Waals surface area contributed by atoms with Crippen LogP contribution in [0.15, 0.2) is 12.1 Å².